The van der Waals surface area contributed by atoms with Gasteiger partial charge in [-0.2, -0.15) is 13.2 Å². The Balaban J connectivity index is 0.000000493. The lowest BCUT2D eigenvalue weighted by molar-refractivity contribution is -0.192. The number of amides is 1. The molecular weight excluding hydrogens is 593 g/mol. The highest BCUT2D eigenvalue weighted by Crippen LogP contribution is 2.35. The Morgan fingerprint density at radius 3 is 2.54 bits per heavy atom. The van der Waals surface area contributed by atoms with Gasteiger partial charge >= 0.3 is 12.1 Å². The Kier molecular flexibility index (Phi) is 8.30. The summed E-state index contributed by atoms with van der Waals surface area (Å²) in [5.41, 5.74) is 8.05. The number of rotatable bonds is 5. The highest BCUT2D eigenvalue weighted by atomic mass is 35.5. The van der Waals surface area contributed by atoms with Crippen molar-refractivity contribution >= 4 is 56.1 Å². The van der Waals surface area contributed by atoms with Gasteiger partial charge in [0.15, 0.2) is 21.3 Å². The zero-order valence-corrected chi connectivity index (χ0v) is 22.9. The third kappa shape index (κ3) is 6.30. The van der Waals surface area contributed by atoms with E-state index in [-0.39, 0.29) is 22.9 Å². The molecule has 0 aromatic carbocycles. The minimum atomic E-state index is -5.08. The standard InChI is InChI=1S/C21H23ClN8O3S.C2HF3O2/c1-2-15(26-20(31)17-18(23)27-30-5-3-4-25-19(17)30)13-10-14(22)16-11-24-12-29(16)21(13)28-6-8-34(32,33)9-7-28;3-2(4,5)1(6)7/h3-5,10-12,15H,2,6-9H2,1H3,(H2,23,27)(H,26,31);(H,6,7). The van der Waals surface area contributed by atoms with Crippen LogP contribution in [0.4, 0.5) is 24.8 Å². The number of sulfone groups is 1. The van der Waals surface area contributed by atoms with Crippen LogP contribution in [-0.4, -0.2) is 80.2 Å². The Morgan fingerprint density at radius 2 is 1.93 bits per heavy atom. The van der Waals surface area contributed by atoms with Gasteiger partial charge < -0.3 is 21.1 Å². The van der Waals surface area contributed by atoms with Crippen LogP contribution in [0.2, 0.25) is 5.02 Å². The largest absolute Gasteiger partial charge is 0.490 e. The first-order chi connectivity index (χ1) is 19.2. The molecule has 1 fully saturated rings. The van der Waals surface area contributed by atoms with E-state index in [1.165, 1.54) is 4.52 Å². The Bertz CT molecular complexity index is 1710. The number of carbonyl (C=O) groups excluding carboxylic acids is 1. The molecule has 41 heavy (non-hydrogen) atoms. The van der Waals surface area contributed by atoms with Crippen molar-refractivity contribution in [2.75, 3.05) is 35.2 Å². The Hall–Kier alpha value is -4.12. The summed E-state index contributed by atoms with van der Waals surface area (Å²) in [4.78, 5) is 32.7. The minimum Gasteiger partial charge on any atom is -0.475 e. The van der Waals surface area contributed by atoms with Crippen LogP contribution in [0, 0.1) is 0 Å². The van der Waals surface area contributed by atoms with Gasteiger partial charge in [-0.3, -0.25) is 9.20 Å². The summed E-state index contributed by atoms with van der Waals surface area (Å²) >= 11 is 6.57. The van der Waals surface area contributed by atoms with E-state index in [1.54, 1.807) is 31.0 Å². The summed E-state index contributed by atoms with van der Waals surface area (Å²) in [6, 6.07) is 3.07. The summed E-state index contributed by atoms with van der Waals surface area (Å²) in [5, 5.41) is 14.8. The number of carboxylic acids is 1. The molecule has 0 aliphatic carbocycles. The Labute approximate surface area is 235 Å². The zero-order valence-electron chi connectivity index (χ0n) is 21.3. The first-order valence-corrected chi connectivity index (χ1v) is 14.2. The molecule has 0 radical (unpaired) electrons. The number of nitrogens with zero attached hydrogens (tertiary/aromatic N) is 6. The summed E-state index contributed by atoms with van der Waals surface area (Å²) in [5.74, 6) is -2.22. The summed E-state index contributed by atoms with van der Waals surface area (Å²) in [6.07, 6.45) is 2.00. The average molecular weight is 617 g/mol. The van der Waals surface area contributed by atoms with Crippen LogP contribution in [0.25, 0.3) is 11.2 Å². The van der Waals surface area contributed by atoms with Crippen LogP contribution in [0.15, 0.2) is 37.1 Å². The molecular formula is C23H24ClF3N8O5S. The number of pyridine rings is 1. The number of anilines is 2. The van der Waals surface area contributed by atoms with Gasteiger partial charge in [0.2, 0.25) is 0 Å². The van der Waals surface area contributed by atoms with Crippen LogP contribution < -0.4 is 16.0 Å². The smallest absolute Gasteiger partial charge is 0.475 e. The molecule has 4 N–H and O–H groups in total. The fourth-order valence-corrected chi connectivity index (χ4v) is 5.78. The molecule has 1 saturated heterocycles. The second-order valence-corrected chi connectivity index (χ2v) is 11.7. The SMILES string of the molecule is CCC(NC(=O)c1c(N)nn2cccnc12)c1cc(Cl)c2cncn2c1N1CCS(=O)(=O)CC1.O=C(O)C(F)(F)F. The average Bonchev–Trinajstić information content (AvgIpc) is 3.52. The number of imidazole rings is 1. The molecule has 4 aromatic rings. The van der Waals surface area contributed by atoms with Crippen molar-refractivity contribution in [3.05, 3.63) is 53.2 Å². The van der Waals surface area contributed by atoms with Crippen molar-refractivity contribution in [2.24, 2.45) is 0 Å². The quantitative estimate of drug-likeness (QED) is 0.301. The van der Waals surface area contributed by atoms with E-state index >= 15 is 0 Å². The zero-order chi connectivity index (χ0) is 30.1. The third-order valence-corrected chi connectivity index (χ3v) is 8.19. The summed E-state index contributed by atoms with van der Waals surface area (Å²) in [6.45, 7) is 2.61. The lowest BCUT2D eigenvalue weighted by Gasteiger charge is -2.33. The Morgan fingerprint density at radius 1 is 1.27 bits per heavy atom. The molecule has 5 rings (SSSR count). The number of nitrogen functional groups attached to an aromatic ring is 1. The number of hydrogen-bond donors (Lipinski definition) is 3. The molecule has 220 valence electrons. The lowest BCUT2D eigenvalue weighted by Crippen LogP contribution is -2.42. The first-order valence-electron chi connectivity index (χ1n) is 12.0. The van der Waals surface area contributed by atoms with Crippen molar-refractivity contribution in [1.29, 1.82) is 0 Å². The maximum absolute atomic E-state index is 13.3. The number of aromatic nitrogens is 5. The van der Waals surface area contributed by atoms with Gasteiger partial charge in [-0.05, 0) is 18.6 Å². The molecule has 0 spiro atoms. The number of carboxylic acid groups (broad SMARTS) is 1. The van der Waals surface area contributed by atoms with Crippen molar-refractivity contribution in [2.45, 2.75) is 25.6 Å². The number of nitrogens with two attached hydrogens (primary N) is 1. The number of aliphatic carboxylic acids is 1. The highest BCUT2D eigenvalue weighted by Gasteiger charge is 2.38. The number of hydrogen-bond acceptors (Lipinski definition) is 9. The molecule has 13 nitrogen and oxygen atoms in total. The van der Waals surface area contributed by atoms with Gasteiger partial charge in [0.1, 0.15) is 17.7 Å². The molecule has 1 aliphatic heterocycles. The number of alkyl halides is 3. The van der Waals surface area contributed by atoms with E-state index in [1.807, 2.05) is 22.3 Å². The maximum atomic E-state index is 13.3. The van der Waals surface area contributed by atoms with Crippen molar-refractivity contribution in [3.8, 4) is 0 Å². The summed E-state index contributed by atoms with van der Waals surface area (Å²) < 4.78 is 59.1. The molecule has 1 unspecified atom stereocenters. The monoisotopic (exact) mass is 616 g/mol. The predicted octanol–water partition coefficient (Wildman–Crippen LogP) is 2.36. The van der Waals surface area contributed by atoms with E-state index in [2.05, 4.69) is 20.4 Å². The lowest BCUT2D eigenvalue weighted by atomic mass is 10.0. The maximum Gasteiger partial charge on any atom is 0.490 e. The molecule has 18 heteroatoms. The van der Waals surface area contributed by atoms with Crippen LogP contribution in [-0.2, 0) is 14.6 Å². The molecule has 0 saturated carbocycles. The molecule has 4 aromatic heterocycles. The van der Waals surface area contributed by atoms with E-state index in [0.717, 1.165) is 11.4 Å². The molecule has 5 heterocycles. The first kappa shape index (κ1) is 29.9. The third-order valence-electron chi connectivity index (χ3n) is 6.28. The second-order valence-electron chi connectivity index (χ2n) is 8.94. The van der Waals surface area contributed by atoms with Crippen LogP contribution in [0.1, 0.15) is 35.3 Å². The molecule has 1 atom stereocenters. The van der Waals surface area contributed by atoms with Crippen molar-refractivity contribution < 1.29 is 36.3 Å². The van der Waals surface area contributed by atoms with Crippen LogP contribution in [0.3, 0.4) is 0 Å². The topological polar surface area (TPSA) is 177 Å². The summed E-state index contributed by atoms with van der Waals surface area (Å²) in [7, 11) is -3.08. The number of halogens is 4. The fourth-order valence-electron chi connectivity index (χ4n) is 4.32. The highest BCUT2D eigenvalue weighted by molar-refractivity contribution is 7.91. The molecule has 1 aliphatic rings. The fraction of sp³-hybridized carbons (Fsp3) is 0.348. The molecule has 0 bridgehead atoms. The van der Waals surface area contributed by atoms with Gasteiger partial charge in [-0.15, -0.1) is 5.10 Å². The van der Waals surface area contributed by atoms with E-state index in [0.29, 0.717) is 35.7 Å². The van der Waals surface area contributed by atoms with Crippen LogP contribution in [0.5, 0.6) is 0 Å². The van der Waals surface area contributed by atoms with Gasteiger partial charge in [0, 0.05) is 31.0 Å². The van der Waals surface area contributed by atoms with E-state index in [4.69, 9.17) is 27.2 Å². The second kappa shape index (κ2) is 11.4. The predicted molar refractivity (Wildman–Crippen MR) is 143 cm³/mol. The van der Waals surface area contributed by atoms with Crippen molar-refractivity contribution in [1.82, 2.24) is 29.3 Å². The number of nitrogens with one attached hydrogen (secondary N) is 1. The van der Waals surface area contributed by atoms with E-state index < -0.39 is 33.9 Å². The van der Waals surface area contributed by atoms with Gasteiger partial charge in [-0.25, -0.2) is 27.7 Å². The van der Waals surface area contributed by atoms with Crippen LogP contribution >= 0.6 is 11.6 Å². The van der Waals surface area contributed by atoms with E-state index in [9.17, 15) is 26.4 Å². The van der Waals surface area contributed by atoms with Gasteiger partial charge in [0.05, 0.1) is 34.3 Å². The normalized spacial score (nSPS) is 15.8. The number of carbonyl (C=O) groups is 2. The molecule has 1 amide bonds. The minimum absolute atomic E-state index is 0.0546. The van der Waals surface area contributed by atoms with Gasteiger partial charge in [0.25, 0.3) is 5.91 Å². The number of fused-ring (bicyclic) bond motifs is 2. The van der Waals surface area contributed by atoms with Crippen molar-refractivity contribution in [3.63, 3.8) is 0 Å². The van der Waals surface area contributed by atoms with Gasteiger partial charge in [-0.1, -0.05) is 18.5 Å².